The number of carbonyl (C=O) groups excluding carboxylic acids is 5. The average Bonchev–Trinajstić information content (AvgIpc) is 3.29. The van der Waals surface area contributed by atoms with Gasteiger partial charge in [0.2, 0.25) is 5.79 Å². The molecule has 3 fully saturated rings. The van der Waals surface area contributed by atoms with Crippen molar-refractivity contribution in [1.82, 2.24) is 4.90 Å². The molecule has 2 bridgehead atoms. The summed E-state index contributed by atoms with van der Waals surface area (Å²) in [4.78, 5) is 71.1. The van der Waals surface area contributed by atoms with E-state index in [1.165, 1.54) is 26.2 Å². The first-order valence-corrected chi connectivity index (χ1v) is 23.5. The number of hydrogen-bond acceptors (Lipinski definition) is 13. The van der Waals surface area contributed by atoms with Crippen molar-refractivity contribution in [3.63, 3.8) is 0 Å². The predicted octanol–water partition coefficient (Wildman–Crippen LogP) is 6.30. The summed E-state index contributed by atoms with van der Waals surface area (Å²) in [5.74, 6) is -6.90. The van der Waals surface area contributed by atoms with E-state index < -0.39 is 77.9 Å². The normalized spacial score (nSPS) is 36.3. The van der Waals surface area contributed by atoms with Crippen LogP contribution in [-0.2, 0) is 47.7 Å². The Bertz CT molecular complexity index is 1880. The van der Waals surface area contributed by atoms with E-state index in [2.05, 4.69) is 6.92 Å². The minimum absolute atomic E-state index is 0.00258. The maximum atomic E-state index is 14.5. The minimum atomic E-state index is -2.53. The number of benzene rings is 1. The second-order valence-corrected chi connectivity index (χ2v) is 18.9. The zero-order valence-corrected chi connectivity index (χ0v) is 39.6. The van der Waals surface area contributed by atoms with E-state index in [1.54, 1.807) is 20.8 Å². The lowest BCUT2D eigenvalue weighted by atomic mass is 9.81. The molecule has 4 aliphatic rings. The number of rotatable bonds is 10. The number of ether oxygens (including phenoxy) is 6. The molecule has 360 valence electrons. The number of ketones is 3. The first-order chi connectivity index (χ1) is 31.0. The van der Waals surface area contributed by atoms with Crippen LogP contribution in [-0.4, -0.2) is 127 Å². The molecule has 2 N–H and O–H groups in total. The zero-order chi connectivity index (χ0) is 47.4. The van der Waals surface area contributed by atoms with Gasteiger partial charge in [0.1, 0.15) is 36.7 Å². The third-order valence-corrected chi connectivity index (χ3v) is 13.9. The van der Waals surface area contributed by atoms with Crippen molar-refractivity contribution in [3.05, 3.63) is 65.8 Å². The summed E-state index contributed by atoms with van der Waals surface area (Å²) in [6.07, 6.45) is 6.54. The van der Waals surface area contributed by atoms with Gasteiger partial charge < -0.3 is 43.5 Å². The summed E-state index contributed by atoms with van der Waals surface area (Å²) in [5, 5.41) is 24.1. The number of allylic oxidation sites excluding steroid dienone is 4. The SMILES string of the molecule is COC1CC(C=C(C)C2OC(=O)C3CCCCN3C(=O)C(=O)C3(O)OC(C(OC)CC(C)CC(C)/C=C(\CC=CCOc4ccccc4)C(=O)CC(O)C2C)C(OC)CC3C)CCC1=O. The summed E-state index contributed by atoms with van der Waals surface area (Å²) < 4.78 is 35.7. The fraction of sp³-hybridized carbons (Fsp3) is 0.667. The van der Waals surface area contributed by atoms with Crippen molar-refractivity contribution >= 4 is 29.2 Å². The number of esters is 1. The Morgan fingerprint density at radius 2 is 1.60 bits per heavy atom. The molecule has 2 saturated heterocycles. The van der Waals surface area contributed by atoms with Crippen LogP contribution in [0.5, 0.6) is 5.75 Å². The molecule has 1 amide bonds. The number of methoxy groups -OCH3 is 3. The molecular formula is C51H73NO13. The Balaban J connectivity index is 1.53. The zero-order valence-electron chi connectivity index (χ0n) is 39.6. The number of aliphatic hydroxyl groups excluding tert-OH is 1. The van der Waals surface area contributed by atoms with E-state index in [1.807, 2.05) is 61.6 Å². The number of carbonyl (C=O) groups is 5. The van der Waals surface area contributed by atoms with Gasteiger partial charge in [-0.15, -0.1) is 0 Å². The summed E-state index contributed by atoms with van der Waals surface area (Å²) >= 11 is 0. The van der Waals surface area contributed by atoms with Gasteiger partial charge in [0.05, 0.1) is 18.3 Å². The molecule has 13 unspecified atom stereocenters. The molecule has 1 aromatic carbocycles. The van der Waals surface area contributed by atoms with E-state index in [0.717, 1.165) is 5.75 Å². The van der Waals surface area contributed by atoms with Gasteiger partial charge in [0.15, 0.2) is 11.6 Å². The third kappa shape index (κ3) is 13.3. The highest BCUT2D eigenvalue weighted by Crippen LogP contribution is 2.39. The van der Waals surface area contributed by atoms with Crippen molar-refractivity contribution in [3.8, 4) is 5.75 Å². The molecule has 0 spiro atoms. The summed E-state index contributed by atoms with van der Waals surface area (Å²) in [7, 11) is 4.56. The Morgan fingerprint density at radius 3 is 2.29 bits per heavy atom. The van der Waals surface area contributed by atoms with Crippen LogP contribution in [0.2, 0.25) is 0 Å². The van der Waals surface area contributed by atoms with Gasteiger partial charge in [-0.1, -0.05) is 70.2 Å². The van der Waals surface area contributed by atoms with Crippen LogP contribution in [0.3, 0.4) is 0 Å². The number of hydrogen-bond donors (Lipinski definition) is 2. The van der Waals surface area contributed by atoms with Crippen LogP contribution in [0.1, 0.15) is 105 Å². The number of Topliss-reactive ketones (excluding diaryl/α,β-unsaturated/α-hetero) is 3. The van der Waals surface area contributed by atoms with Crippen LogP contribution >= 0.6 is 0 Å². The molecule has 1 aliphatic carbocycles. The van der Waals surface area contributed by atoms with Crippen molar-refractivity contribution in [2.75, 3.05) is 34.5 Å². The van der Waals surface area contributed by atoms with Crippen LogP contribution in [0.4, 0.5) is 0 Å². The monoisotopic (exact) mass is 908 g/mol. The Morgan fingerprint density at radius 1 is 0.892 bits per heavy atom. The average molecular weight is 908 g/mol. The van der Waals surface area contributed by atoms with E-state index in [4.69, 9.17) is 28.4 Å². The summed E-state index contributed by atoms with van der Waals surface area (Å²) in [5.41, 5.74) is 1.13. The van der Waals surface area contributed by atoms with Crippen molar-refractivity contribution in [1.29, 1.82) is 0 Å². The standard InChI is InChI=1S/C51H73NO13/c1-31-24-32(2)26-44(61-7)47-45(62-8)28-34(4)51(59,65-47)48(56)49(57)52-22-14-12-19-39(52)50(58)64-46(33(3)27-36-20-21-40(53)43(29-36)60-6)35(5)41(54)30-42(55)37(25-31)16-13-15-23-63-38-17-10-9-11-18-38/h9-11,13,15,17-18,25,27,31-32,34-36,39,41,43-47,54,59H,12,14,16,19-24,26,28-30H2,1-8H3/b15-13?,33-27?,37-25+. The highest BCUT2D eigenvalue weighted by atomic mass is 16.7. The second kappa shape index (κ2) is 24.1. The number of fused-ring (bicyclic) bond motifs is 3. The number of cyclic esters (lactones) is 1. The smallest absolute Gasteiger partial charge is 0.329 e. The lowest BCUT2D eigenvalue weighted by molar-refractivity contribution is -0.302. The van der Waals surface area contributed by atoms with Crippen molar-refractivity contribution in [2.24, 2.45) is 29.6 Å². The van der Waals surface area contributed by atoms with Gasteiger partial charge in [-0.3, -0.25) is 19.2 Å². The molecule has 5 rings (SSSR count). The molecule has 1 aromatic rings. The fourth-order valence-electron chi connectivity index (χ4n) is 10.1. The van der Waals surface area contributed by atoms with E-state index in [0.29, 0.717) is 62.7 Å². The van der Waals surface area contributed by atoms with Crippen molar-refractivity contribution < 1.29 is 62.6 Å². The number of para-hydroxylation sites is 1. The maximum Gasteiger partial charge on any atom is 0.329 e. The van der Waals surface area contributed by atoms with E-state index in [-0.39, 0.29) is 61.5 Å². The highest BCUT2D eigenvalue weighted by molar-refractivity contribution is 6.39. The topological polar surface area (TPSA) is 184 Å². The molecule has 0 aromatic heterocycles. The fourth-order valence-corrected chi connectivity index (χ4v) is 10.1. The van der Waals surface area contributed by atoms with Crippen LogP contribution in [0.15, 0.2) is 65.8 Å². The predicted molar refractivity (Wildman–Crippen MR) is 242 cm³/mol. The largest absolute Gasteiger partial charge is 0.490 e. The second-order valence-electron chi connectivity index (χ2n) is 18.9. The number of aliphatic hydroxyl groups is 2. The minimum Gasteiger partial charge on any atom is -0.490 e. The van der Waals surface area contributed by atoms with Gasteiger partial charge in [-0.25, -0.2) is 4.79 Å². The van der Waals surface area contributed by atoms with Gasteiger partial charge in [0, 0.05) is 52.6 Å². The van der Waals surface area contributed by atoms with Crippen LogP contribution < -0.4 is 4.74 Å². The molecule has 13 atom stereocenters. The van der Waals surface area contributed by atoms with Crippen LogP contribution in [0.25, 0.3) is 0 Å². The molecule has 14 heteroatoms. The Labute approximate surface area is 385 Å². The molecule has 65 heavy (non-hydrogen) atoms. The highest BCUT2D eigenvalue weighted by Gasteiger charge is 2.56. The van der Waals surface area contributed by atoms with Gasteiger partial charge in [-0.05, 0) is 106 Å². The van der Waals surface area contributed by atoms with Gasteiger partial charge >= 0.3 is 5.97 Å². The number of piperidine rings is 1. The molecule has 1 saturated carbocycles. The number of amides is 1. The first-order valence-electron chi connectivity index (χ1n) is 23.5. The first kappa shape index (κ1) is 51.9. The van der Waals surface area contributed by atoms with E-state index in [9.17, 15) is 34.2 Å². The van der Waals surface area contributed by atoms with Gasteiger partial charge in [-0.2, -0.15) is 0 Å². The van der Waals surface area contributed by atoms with E-state index >= 15 is 0 Å². The summed E-state index contributed by atoms with van der Waals surface area (Å²) in [6.45, 7) is 9.58. The Kier molecular flexibility index (Phi) is 19.3. The quantitative estimate of drug-likeness (QED) is 0.152. The van der Waals surface area contributed by atoms with Gasteiger partial charge in [0.25, 0.3) is 11.7 Å². The maximum absolute atomic E-state index is 14.5. The Hall–Kier alpha value is -4.05. The van der Waals surface area contributed by atoms with Crippen LogP contribution in [0, 0.1) is 29.6 Å². The molecule has 0 radical (unpaired) electrons. The van der Waals surface area contributed by atoms with Crippen molar-refractivity contribution in [2.45, 2.75) is 154 Å². The lowest BCUT2D eigenvalue weighted by Crippen LogP contribution is -2.64. The summed E-state index contributed by atoms with van der Waals surface area (Å²) in [6, 6.07) is 8.25. The third-order valence-electron chi connectivity index (χ3n) is 13.9. The molecule has 3 heterocycles. The molecule has 3 aliphatic heterocycles. The molecule has 14 nitrogen and oxygen atoms in total. The molecular weight excluding hydrogens is 835 g/mol. The number of nitrogens with zero attached hydrogens (tertiary/aromatic N) is 1. The lowest BCUT2D eigenvalue weighted by Gasteiger charge is -2.47.